The Morgan fingerprint density at radius 2 is 2.03 bits per heavy atom. The molecule has 2 aromatic heterocycles. The average Bonchev–Trinajstić information content (AvgIpc) is 3.43. The van der Waals surface area contributed by atoms with Gasteiger partial charge in [0.2, 0.25) is 10.0 Å². The molecule has 0 spiro atoms. The summed E-state index contributed by atoms with van der Waals surface area (Å²) in [6.45, 7) is 2.41. The molecular formula is C21H23N7O4S. The summed E-state index contributed by atoms with van der Waals surface area (Å²) in [5, 5.41) is 4.04. The van der Waals surface area contributed by atoms with Crippen molar-refractivity contribution < 1.29 is 18.0 Å². The number of nitrogens with two attached hydrogens (primary N) is 2. The minimum absolute atomic E-state index is 0.00658. The number of fused-ring (bicyclic) bond motifs is 2. The van der Waals surface area contributed by atoms with E-state index >= 15 is 0 Å². The number of sulfonamides is 1. The lowest BCUT2D eigenvalue weighted by atomic mass is 10.0. The van der Waals surface area contributed by atoms with Crippen LogP contribution < -0.4 is 16.2 Å². The first-order valence-electron chi connectivity index (χ1n) is 10.4. The third-order valence-corrected chi connectivity index (χ3v) is 6.77. The predicted molar refractivity (Wildman–Crippen MR) is 122 cm³/mol. The van der Waals surface area contributed by atoms with Crippen LogP contribution in [-0.2, 0) is 16.6 Å². The predicted octanol–water partition coefficient (Wildman–Crippen LogP) is 1.20. The largest absolute Gasteiger partial charge is 0.381 e. The second-order valence-electron chi connectivity index (χ2n) is 8.65. The van der Waals surface area contributed by atoms with Crippen LogP contribution in [0.4, 0.5) is 11.5 Å². The summed E-state index contributed by atoms with van der Waals surface area (Å²) in [6, 6.07) is 5.13. The minimum atomic E-state index is -3.65. The Kier molecular flexibility index (Phi) is 4.60. The summed E-state index contributed by atoms with van der Waals surface area (Å²) in [7, 11) is -3.65. The number of rotatable bonds is 6. The zero-order valence-corrected chi connectivity index (χ0v) is 18.9. The number of nitrogens with one attached hydrogen (secondary N) is 1. The van der Waals surface area contributed by atoms with Crippen molar-refractivity contribution in [3.05, 3.63) is 41.1 Å². The number of nitrogens with zero attached hydrogens (tertiary/aromatic N) is 4. The lowest BCUT2D eigenvalue weighted by Crippen LogP contribution is -2.34. The maximum absolute atomic E-state index is 13.2. The van der Waals surface area contributed by atoms with Gasteiger partial charge in [0.05, 0.1) is 23.2 Å². The van der Waals surface area contributed by atoms with E-state index in [1.807, 2.05) is 13.0 Å². The second-order valence-corrected chi connectivity index (χ2v) is 10.4. The van der Waals surface area contributed by atoms with Crippen LogP contribution in [0.25, 0.3) is 16.9 Å². The SMILES string of the molecule is C[C@@H](C1CC1)N1Cc2cc(-c3ccn4nc(N)c(C(N)=O)c4n3)cc(NS(C)(=O)=O)c2C1=O. The van der Waals surface area contributed by atoms with Gasteiger partial charge >= 0.3 is 0 Å². The second kappa shape index (κ2) is 7.17. The van der Waals surface area contributed by atoms with Gasteiger partial charge in [-0.2, -0.15) is 0 Å². The molecule has 3 heterocycles. The number of hydrogen-bond donors (Lipinski definition) is 3. The molecule has 33 heavy (non-hydrogen) atoms. The average molecular weight is 470 g/mol. The molecule has 11 nitrogen and oxygen atoms in total. The first-order valence-corrected chi connectivity index (χ1v) is 12.3. The molecule has 1 atom stereocenters. The summed E-state index contributed by atoms with van der Waals surface area (Å²) in [5.41, 5.74) is 13.7. The highest BCUT2D eigenvalue weighted by atomic mass is 32.2. The van der Waals surface area contributed by atoms with Gasteiger partial charge in [-0.25, -0.2) is 17.9 Å². The van der Waals surface area contributed by atoms with Gasteiger partial charge in [-0.15, -0.1) is 5.10 Å². The van der Waals surface area contributed by atoms with Gasteiger partial charge in [-0.05, 0) is 49.4 Å². The highest BCUT2D eigenvalue weighted by Gasteiger charge is 2.40. The van der Waals surface area contributed by atoms with E-state index in [1.54, 1.807) is 23.2 Å². The van der Waals surface area contributed by atoms with E-state index in [2.05, 4.69) is 14.8 Å². The molecule has 5 N–H and O–H groups in total. The molecule has 0 bridgehead atoms. The van der Waals surface area contributed by atoms with Gasteiger partial charge in [-0.1, -0.05) is 0 Å². The maximum atomic E-state index is 13.2. The molecule has 2 aliphatic rings. The molecule has 2 amide bonds. The fraction of sp³-hybridized carbons (Fsp3) is 0.333. The molecule has 172 valence electrons. The molecule has 0 saturated heterocycles. The third kappa shape index (κ3) is 3.65. The molecule has 1 saturated carbocycles. The van der Waals surface area contributed by atoms with Crippen LogP contribution >= 0.6 is 0 Å². The first kappa shape index (κ1) is 21.2. The molecule has 5 rings (SSSR count). The molecule has 0 unspecified atom stereocenters. The van der Waals surface area contributed by atoms with Gasteiger partial charge in [0.25, 0.3) is 11.8 Å². The number of aromatic nitrogens is 3. The Bertz CT molecular complexity index is 1440. The van der Waals surface area contributed by atoms with E-state index in [0.717, 1.165) is 19.1 Å². The fourth-order valence-corrected chi connectivity index (χ4v) is 4.97. The molecule has 1 aliphatic heterocycles. The topological polar surface area (TPSA) is 166 Å². The zero-order valence-electron chi connectivity index (χ0n) is 18.1. The molecule has 12 heteroatoms. The molecule has 0 radical (unpaired) electrons. The van der Waals surface area contributed by atoms with Crippen molar-refractivity contribution in [1.29, 1.82) is 0 Å². The molecule has 1 aromatic carbocycles. The monoisotopic (exact) mass is 469 g/mol. The molecule has 1 aliphatic carbocycles. The smallest absolute Gasteiger partial charge is 0.256 e. The Morgan fingerprint density at radius 1 is 1.30 bits per heavy atom. The molecule has 3 aromatic rings. The Morgan fingerprint density at radius 3 is 2.67 bits per heavy atom. The first-order chi connectivity index (χ1) is 15.5. The van der Waals surface area contributed by atoms with Crippen molar-refractivity contribution in [2.75, 3.05) is 16.7 Å². The summed E-state index contributed by atoms with van der Waals surface area (Å²) in [5.74, 6) is -0.505. The van der Waals surface area contributed by atoms with Crippen LogP contribution in [0.5, 0.6) is 0 Å². The molecule has 1 fully saturated rings. The summed E-state index contributed by atoms with van der Waals surface area (Å²) >= 11 is 0. The van der Waals surface area contributed by atoms with Gasteiger partial charge in [0.15, 0.2) is 11.5 Å². The number of anilines is 2. The van der Waals surface area contributed by atoms with E-state index in [4.69, 9.17) is 11.5 Å². The highest BCUT2D eigenvalue weighted by Crippen LogP contribution is 2.41. The summed E-state index contributed by atoms with van der Waals surface area (Å²) < 4.78 is 27.9. The Balaban J connectivity index is 1.65. The van der Waals surface area contributed by atoms with E-state index in [-0.39, 0.29) is 34.7 Å². The number of carbonyl (C=O) groups is 2. The third-order valence-electron chi connectivity index (χ3n) is 6.18. The number of amides is 2. The van der Waals surface area contributed by atoms with Crippen molar-refractivity contribution in [1.82, 2.24) is 19.5 Å². The number of carbonyl (C=O) groups excluding carboxylic acids is 2. The van der Waals surface area contributed by atoms with Gasteiger partial charge < -0.3 is 16.4 Å². The number of primary amides is 1. The van der Waals surface area contributed by atoms with E-state index in [0.29, 0.717) is 34.8 Å². The normalized spacial score (nSPS) is 16.8. The number of benzene rings is 1. The molecular weight excluding hydrogens is 446 g/mol. The standard InChI is InChI=1S/C21H23N7O4S/c1-10(11-3-4-11)27-9-13-7-12(8-15(16(13)21(27)30)26-33(2,31)32)14-5-6-28-20(24-14)17(19(23)29)18(22)25-28/h5-8,10-11,26H,3-4,9H2,1-2H3,(H2,22,25)(H2,23,29)/t10-/m0/s1. The van der Waals surface area contributed by atoms with Crippen LogP contribution in [0.2, 0.25) is 0 Å². The van der Waals surface area contributed by atoms with Crippen LogP contribution in [-0.4, -0.2) is 52.0 Å². The van der Waals surface area contributed by atoms with E-state index in [1.165, 1.54) is 4.52 Å². The van der Waals surface area contributed by atoms with Gasteiger partial charge in [0.1, 0.15) is 5.56 Å². The van der Waals surface area contributed by atoms with Crippen molar-refractivity contribution in [3.8, 4) is 11.3 Å². The van der Waals surface area contributed by atoms with Gasteiger partial charge in [0, 0.05) is 24.3 Å². The van der Waals surface area contributed by atoms with Crippen molar-refractivity contribution in [3.63, 3.8) is 0 Å². The van der Waals surface area contributed by atoms with E-state index in [9.17, 15) is 18.0 Å². The van der Waals surface area contributed by atoms with Crippen LogP contribution in [0.1, 0.15) is 46.0 Å². The quantitative estimate of drug-likeness (QED) is 0.488. The number of nitrogen functional groups attached to an aromatic ring is 1. The Labute approximate surface area is 189 Å². The highest BCUT2D eigenvalue weighted by molar-refractivity contribution is 7.92. The van der Waals surface area contributed by atoms with Crippen LogP contribution in [0, 0.1) is 5.92 Å². The maximum Gasteiger partial charge on any atom is 0.256 e. The number of hydrogen-bond acceptors (Lipinski definition) is 7. The Hall–Kier alpha value is -3.67. The lowest BCUT2D eigenvalue weighted by Gasteiger charge is -2.24. The summed E-state index contributed by atoms with van der Waals surface area (Å²) in [6.07, 6.45) is 4.79. The van der Waals surface area contributed by atoms with E-state index < -0.39 is 15.9 Å². The van der Waals surface area contributed by atoms with Crippen molar-refractivity contribution >= 4 is 39.0 Å². The van der Waals surface area contributed by atoms with Crippen molar-refractivity contribution in [2.45, 2.75) is 32.4 Å². The summed E-state index contributed by atoms with van der Waals surface area (Å²) in [4.78, 5) is 31.4. The fourth-order valence-electron chi connectivity index (χ4n) is 4.41. The zero-order chi connectivity index (χ0) is 23.7. The van der Waals surface area contributed by atoms with Gasteiger partial charge in [-0.3, -0.25) is 14.3 Å². The lowest BCUT2D eigenvalue weighted by molar-refractivity contribution is 0.0698. The van der Waals surface area contributed by atoms with Crippen molar-refractivity contribution in [2.24, 2.45) is 11.7 Å². The van der Waals surface area contributed by atoms with Crippen LogP contribution in [0.3, 0.4) is 0 Å². The van der Waals surface area contributed by atoms with Crippen LogP contribution in [0.15, 0.2) is 24.4 Å². The minimum Gasteiger partial charge on any atom is -0.381 e.